The van der Waals surface area contributed by atoms with Gasteiger partial charge in [-0.1, -0.05) is 19.8 Å². The van der Waals surface area contributed by atoms with Gasteiger partial charge in [-0.25, -0.2) is 15.3 Å². The third-order valence-electron chi connectivity index (χ3n) is 7.49. The van der Waals surface area contributed by atoms with Crippen molar-refractivity contribution in [2.75, 3.05) is 6.61 Å². The predicted octanol–water partition coefficient (Wildman–Crippen LogP) is 2.82. The molecule has 0 saturated carbocycles. The molecule has 0 saturated heterocycles. The normalized spacial score (nSPS) is 17.1. The zero-order valence-electron chi connectivity index (χ0n) is 21.8. The molecule has 2 aliphatic heterocycles. The molecule has 40 heavy (non-hydrogen) atoms. The van der Waals surface area contributed by atoms with E-state index in [0.29, 0.717) is 35.3 Å². The van der Waals surface area contributed by atoms with Crippen molar-refractivity contribution in [1.29, 1.82) is 0 Å². The Kier molecular flexibility index (Phi) is 7.25. The Balaban J connectivity index is 1.43. The van der Waals surface area contributed by atoms with Crippen molar-refractivity contribution in [3.63, 3.8) is 0 Å². The van der Waals surface area contributed by atoms with Gasteiger partial charge >= 0.3 is 11.7 Å². The molecule has 2 aliphatic rings. The van der Waals surface area contributed by atoms with E-state index < -0.39 is 28.0 Å². The lowest BCUT2D eigenvalue weighted by Crippen LogP contribution is -2.44. The van der Waals surface area contributed by atoms with Crippen LogP contribution in [0.4, 0.5) is 5.69 Å². The number of benzene rings is 1. The highest BCUT2D eigenvalue weighted by atomic mass is 16.6. The number of ether oxygens (including phenoxy) is 2. The lowest BCUT2D eigenvalue weighted by Gasteiger charge is -2.31. The summed E-state index contributed by atoms with van der Waals surface area (Å²) in [6.45, 7) is 1.74. The smallest absolute Gasteiger partial charge is 0.343 e. The van der Waals surface area contributed by atoms with Crippen LogP contribution in [0.5, 0.6) is 5.75 Å². The molecule has 1 amide bonds. The third-order valence-corrected chi connectivity index (χ3v) is 7.49. The average Bonchev–Trinajstić information content (AvgIpc) is 3.30. The number of nitro groups is 1. The number of hydroxylamine groups is 1. The summed E-state index contributed by atoms with van der Waals surface area (Å²) in [5, 5.41) is 31.9. The van der Waals surface area contributed by atoms with E-state index in [1.165, 1.54) is 10.6 Å². The molecule has 0 aliphatic carbocycles. The molecular formula is C27H28N4O9. The summed E-state index contributed by atoms with van der Waals surface area (Å²) >= 11 is 0. The maximum absolute atomic E-state index is 13.3. The molecule has 0 radical (unpaired) electrons. The fourth-order valence-electron chi connectivity index (χ4n) is 5.30. The Morgan fingerprint density at radius 2 is 2.02 bits per heavy atom. The van der Waals surface area contributed by atoms with Crippen LogP contribution in [0.3, 0.4) is 0 Å². The molecule has 13 heteroatoms. The lowest BCUT2D eigenvalue weighted by atomic mass is 9.86. The van der Waals surface area contributed by atoms with Crippen molar-refractivity contribution in [3.8, 4) is 17.1 Å². The van der Waals surface area contributed by atoms with Crippen molar-refractivity contribution in [3.05, 3.63) is 61.4 Å². The second kappa shape index (κ2) is 10.7. The molecule has 0 bridgehead atoms. The lowest BCUT2D eigenvalue weighted by molar-refractivity contribution is -0.384. The van der Waals surface area contributed by atoms with Gasteiger partial charge in [0.1, 0.15) is 6.61 Å². The van der Waals surface area contributed by atoms with Gasteiger partial charge in [-0.2, -0.15) is 0 Å². The molecule has 4 heterocycles. The second-order valence-electron chi connectivity index (χ2n) is 9.88. The molecule has 0 spiro atoms. The SMILES string of the molecule is CC[C@@]1(O)C(=O)OCc2c1cc1n(c2=O)Cc2cc3c([N+](=O)[O-])c(OCCCCCCC(=O)NO)ccc3nc2-1. The Morgan fingerprint density at radius 1 is 1.25 bits per heavy atom. The van der Waals surface area contributed by atoms with Crippen molar-refractivity contribution < 1.29 is 34.3 Å². The van der Waals surface area contributed by atoms with E-state index in [1.807, 2.05) is 0 Å². The van der Waals surface area contributed by atoms with Crippen LogP contribution in [0, 0.1) is 10.1 Å². The summed E-state index contributed by atoms with van der Waals surface area (Å²) in [6.07, 6.45) is 2.96. The number of hydrogen-bond acceptors (Lipinski definition) is 10. The van der Waals surface area contributed by atoms with Gasteiger partial charge in [-0.15, -0.1) is 0 Å². The topological polar surface area (TPSA) is 183 Å². The van der Waals surface area contributed by atoms with Crippen LogP contribution in [0.2, 0.25) is 0 Å². The van der Waals surface area contributed by atoms with Crippen LogP contribution in [0.1, 0.15) is 62.1 Å². The number of amides is 1. The Bertz CT molecular complexity index is 1600. The number of aliphatic hydroxyl groups is 1. The number of nitrogens with zero attached hydrogens (tertiary/aromatic N) is 3. The van der Waals surface area contributed by atoms with Gasteiger partial charge < -0.3 is 19.1 Å². The predicted molar refractivity (Wildman–Crippen MR) is 140 cm³/mol. The standard InChI is InChI=1S/C27H28N4O9/c1-2-27(35)18-12-20-23-15(13-30(20)25(33)17(18)14-40-26(27)34)11-16-19(28-23)8-9-21(24(16)31(37)38)39-10-6-4-3-5-7-22(32)29-36/h8-9,11-12,35-36H,2-7,10,13-14H2,1H3,(H,29,32)/t27-/m0/s1. The van der Waals surface area contributed by atoms with Crippen molar-refractivity contribution in [1.82, 2.24) is 15.0 Å². The number of carbonyl (C=O) groups excluding carboxylic acids is 2. The third kappa shape index (κ3) is 4.56. The van der Waals surface area contributed by atoms with E-state index >= 15 is 0 Å². The van der Waals surface area contributed by atoms with E-state index in [0.717, 1.165) is 12.8 Å². The van der Waals surface area contributed by atoms with E-state index in [2.05, 4.69) is 4.98 Å². The Hall–Kier alpha value is -4.36. The number of hydrogen-bond donors (Lipinski definition) is 3. The maximum atomic E-state index is 13.3. The van der Waals surface area contributed by atoms with Crippen LogP contribution < -0.4 is 15.8 Å². The summed E-state index contributed by atoms with van der Waals surface area (Å²) in [6, 6.07) is 6.33. The number of cyclic esters (lactones) is 1. The highest BCUT2D eigenvalue weighted by Gasteiger charge is 2.45. The average molecular weight is 553 g/mol. The van der Waals surface area contributed by atoms with E-state index in [4.69, 9.17) is 14.7 Å². The van der Waals surface area contributed by atoms with Crippen molar-refractivity contribution in [2.24, 2.45) is 0 Å². The molecule has 1 aromatic carbocycles. The number of rotatable bonds is 10. The van der Waals surface area contributed by atoms with E-state index in [-0.39, 0.29) is 60.6 Å². The number of fused-ring (bicyclic) bond motifs is 5. The minimum atomic E-state index is -1.94. The number of aromatic nitrogens is 2. The Morgan fingerprint density at radius 3 is 2.75 bits per heavy atom. The summed E-state index contributed by atoms with van der Waals surface area (Å²) < 4.78 is 12.3. The number of esters is 1. The fraction of sp³-hybridized carbons (Fsp3) is 0.407. The number of nitro benzene ring substituents is 1. The van der Waals surface area contributed by atoms with Crippen molar-refractivity contribution >= 4 is 28.5 Å². The van der Waals surface area contributed by atoms with Crippen LogP contribution >= 0.6 is 0 Å². The molecular weight excluding hydrogens is 524 g/mol. The van der Waals surface area contributed by atoms with Gasteiger partial charge in [0.05, 0.1) is 45.9 Å². The fourth-order valence-corrected chi connectivity index (χ4v) is 5.30. The number of carbonyl (C=O) groups is 2. The van der Waals surface area contributed by atoms with Gasteiger partial charge in [0.2, 0.25) is 5.91 Å². The molecule has 0 unspecified atom stereocenters. The van der Waals surface area contributed by atoms with Gasteiger partial charge in [0, 0.05) is 17.5 Å². The number of pyridine rings is 2. The second-order valence-corrected chi connectivity index (χ2v) is 9.88. The zero-order chi connectivity index (χ0) is 28.6. The van der Waals surface area contributed by atoms with Gasteiger partial charge in [-0.05, 0) is 43.5 Å². The van der Waals surface area contributed by atoms with Crippen LogP contribution in [-0.2, 0) is 33.1 Å². The molecule has 2 aromatic heterocycles. The largest absolute Gasteiger partial charge is 0.487 e. The monoisotopic (exact) mass is 552 g/mol. The summed E-state index contributed by atoms with van der Waals surface area (Å²) in [4.78, 5) is 53.0. The first-order chi connectivity index (χ1) is 19.2. The first-order valence-corrected chi connectivity index (χ1v) is 13.0. The molecule has 1 atom stereocenters. The summed E-state index contributed by atoms with van der Waals surface area (Å²) in [5.74, 6) is -1.15. The number of nitrogens with one attached hydrogen (secondary N) is 1. The number of unbranched alkanes of at least 4 members (excludes halogenated alkanes) is 3. The summed E-state index contributed by atoms with van der Waals surface area (Å²) in [7, 11) is 0. The first-order valence-electron chi connectivity index (χ1n) is 13.0. The molecule has 0 fully saturated rings. The van der Waals surface area contributed by atoms with Gasteiger partial charge in [0.15, 0.2) is 11.4 Å². The highest BCUT2D eigenvalue weighted by Crippen LogP contribution is 2.41. The highest BCUT2D eigenvalue weighted by molar-refractivity contribution is 5.94. The Labute approximate surface area is 227 Å². The molecule has 3 aromatic rings. The maximum Gasteiger partial charge on any atom is 0.343 e. The molecule has 210 valence electrons. The zero-order valence-corrected chi connectivity index (χ0v) is 21.8. The van der Waals surface area contributed by atoms with E-state index in [9.17, 15) is 29.6 Å². The van der Waals surface area contributed by atoms with Crippen molar-refractivity contribution in [2.45, 2.75) is 64.2 Å². The van der Waals surface area contributed by atoms with Gasteiger partial charge in [0.25, 0.3) is 5.56 Å². The minimum absolute atomic E-state index is 0.0234. The first kappa shape index (κ1) is 27.2. The van der Waals surface area contributed by atoms with Gasteiger partial charge in [-0.3, -0.25) is 24.9 Å². The van der Waals surface area contributed by atoms with E-state index in [1.54, 1.807) is 30.6 Å². The molecule has 3 N–H and O–H groups in total. The quantitative estimate of drug-likeness (QED) is 0.0869. The molecule has 13 nitrogen and oxygen atoms in total. The van der Waals surface area contributed by atoms with Crippen LogP contribution in [0.15, 0.2) is 29.1 Å². The molecule has 5 rings (SSSR count). The van der Waals surface area contributed by atoms with Crippen LogP contribution in [0.25, 0.3) is 22.3 Å². The van der Waals surface area contributed by atoms with Crippen LogP contribution in [-0.4, -0.2) is 43.3 Å². The minimum Gasteiger partial charge on any atom is -0.487 e. The summed E-state index contributed by atoms with van der Waals surface area (Å²) in [5.41, 5.74) is 1.19.